The summed E-state index contributed by atoms with van der Waals surface area (Å²) in [5.41, 5.74) is 1.84. The van der Waals surface area contributed by atoms with E-state index in [1.54, 1.807) is 0 Å². The highest BCUT2D eigenvalue weighted by Crippen LogP contribution is 2.22. The summed E-state index contributed by atoms with van der Waals surface area (Å²) in [5, 5.41) is 1.65. The molecule has 174 valence electrons. The van der Waals surface area contributed by atoms with Gasteiger partial charge >= 0.3 is 0 Å². The molecule has 4 rings (SSSR count). The van der Waals surface area contributed by atoms with Gasteiger partial charge in [0.05, 0.1) is 6.61 Å². The molecule has 2 heterocycles. The molecule has 1 aliphatic rings. The number of rotatable bonds is 8. The Hall–Kier alpha value is -2.64. The Morgan fingerprint density at radius 3 is 2.61 bits per heavy atom. The van der Waals surface area contributed by atoms with Gasteiger partial charge in [0.25, 0.3) is 5.91 Å². The van der Waals surface area contributed by atoms with E-state index in [1.165, 1.54) is 11.5 Å². The topological polar surface area (TPSA) is 58.6 Å². The lowest BCUT2D eigenvalue weighted by Gasteiger charge is -2.21. The second-order valence-corrected chi connectivity index (χ2v) is 9.32. The fourth-order valence-electron chi connectivity index (χ4n) is 3.75. The number of nitrogens with zero attached hydrogens (tertiary/aromatic N) is 4. The Morgan fingerprint density at radius 2 is 1.85 bits per heavy atom. The van der Waals surface area contributed by atoms with Gasteiger partial charge in [-0.15, -0.1) is 0 Å². The van der Waals surface area contributed by atoms with Crippen molar-refractivity contribution in [2.75, 3.05) is 37.7 Å². The van der Waals surface area contributed by atoms with Crippen molar-refractivity contribution in [2.24, 2.45) is 0 Å². The fraction of sp³-hybridized carbons (Fsp3) is 0.400. The Kier molecular flexibility index (Phi) is 8.18. The van der Waals surface area contributed by atoms with Crippen LogP contribution in [0, 0.1) is 0 Å². The number of amides is 1. The number of benzene rings is 2. The normalized spacial score (nSPS) is 14.2. The summed E-state index contributed by atoms with van der Waals surface area (Å²) in [4.78, 5) is 21.9. The van der Waals surface area contributed by atoms with E-state index >= 15 is 0 Å². The van der Waals surface area contributed by atoms with Crippen molar-refractivity contribution in [1.82, 2.24) is 14.3 Å². The van der Waals surface area contributed by atoms with Crippen molar-refractivity contribution in [3.63, 3.8) is 0 Å². The quantitative estimate of drug-likeness (QED) is 0.405. The van der Waals surface area contributed by atoms with Gasteiger partial charge in [-0.05, 0) is 54.8 Å². The molecule has 0 aliphatic carbocycles. The number of carbonyl (C=O) groups excluding carboxylic acids is 1. The molecule has 1 fully saturated rings. The van der Waals surface area contributed by atoms with Gasteiger partial charge in [0, 0.05) is 54.7 Å². The lowest BCUT2D eigenvalue weighted by Crippen LogP contribution is -2.35. The predicted molar refractivity (Wildman–Crippen MR) is 134 cm³/mol. The van der Waals surface area contributed by atoms with Crippen LogP contribution in [0.4, 0.5) is 5.13 Å². The number of ether oxygens (including phenoxy) is 1. The largest absolute Gasteiger partial charge is 0.494 e. The van der Waals surface area contributed by atoms with Crippen molar-refractivity contribution in [3.8, 4) is 5.75 Å². The first-order valence-electron chi connectivity index (χ1n) is 11.5. The molecule has 1 amide bonds. The third-order valence-electron chi connectivity index (χ3n) is 5.65. The molecule has 0 atom stereocenters. The SMILES string of the molecule is CCCCOc1ccc(C(=O)N2CCCN(c3nc(Cc4ccc(Cl)cc4)ns3)CC2)cc1. The first-order valence-corrected chi connectivity index (χ1v) is 12.6. The van der Waals surface area contributed by atoms with E-state index < -0.39 is 0 Å². The molecule has 33 heavy (non-hydrogen) atoms. The second kappa shape index (κ2) is 11.5. The molecule has 1 aromatic heterocycles. The van der Waals surface area contributed by atoms with Crippen LogP contribution < -0.4 is 9.64 Å². The van der Waals surface area contributed by atoms with Crippen LogP contribution in [0.15, 0.2) is 48.5 Å². The summed E-state index contributed by atoms with van der Waals surface area (Å²) in [7, 11) is 0. The second-order valence-electron chi connectivity index (χ2n) is 8.16. The molecule has 3 aromatic rings. The third-order valence-corrected chi connectivity index (χ3v) is 6.72. The zero-order valence-electron chi connectivity index (χ0n) is 18.9. The van der Waals surface area contributed by atoms with Crippen molar-refractivity contribution >= 4 is 34.2 Å². The van der Waals surface area contributed by atoms with E-state index in [0.29, 0.717) is 25.1 Å². The number of aromatic nitrogens is 2. The maximum Gasteiger partial charge on any atom is 0.253 e. The summed E-state index contributed by atoms with van der Waals surface area (Å²) in [6.07, 6.45) is 3.71. The highest BCUT2D eigenvalue weighted by Gasteiger charge is 2.22. The minimum atomic E-state index is 0.0673. The summed E-state index contributed by atoms with van der Waals surface area (Å²) in [5.74, 6) is 1.70. The highest BCUT2D eigenvalue weighted by atomic mass is 35.5. The van der Waals surface area contributed by atoms with Crippen molar-refractivity contribution in [2.45, 2.75) is 32.6 Å². The van der Waals surface area contributed by atoms with Gasteiger partial charge in [-0.2, -0.15) is 4.37 Å². The summed E-state index contributed by atoms with van der Waals surface area (Å²) in [6, 6.07) is 15.3. The molecule has 2 aromatic carbocycles. The molecular formula is C25H29ClN4O2S. The molecular weight excluding hydrogens is 456 g/mol. The van der Waals surface area contributed by atoms with Gasteiger partial charge in [-0.3, -0.25) is 4.79 Å². The van der Waals surface area contributed by atoms with Crippen LogP contribution in [-0.2, 0) is 6.42 Å². The van der Waals surface area contributed by atoms with Crippen LogP contribution in [0.3, 0.4) is 0 Å². The summed E-state index contributed by atoms with van der Waals surface area (Å²) in [6.45, 7) is 5.86. The van der Waals surface area contributed by atoms with E-state index in [4.69, 9.17) is 21.3 Å². The zero-order chi connectivity index (χ0) is 23.0. The molecule has 0 unspecified atom stereocenters. The third kappa shape index (κ3) is 6.45. The number of halogens is 1. The molecule has 0 bridgehead atoms. The minimum absolute atomic E-state index is 0.0673. The van der Waals surface area contributed by atoms with Crippen molar-refractivity contribution in [1.29, 1.82) is 0 Å². The molecule has 0 spiro atoms. The Labute approximate surface area is 204 Å². The smallest absolute Gasteiger partial charge is 0.253 e. The lowest BCUT2D eigenvalue weighted by molar-refractivity contribution is 0.0767. The monoisotopic (exact) mass is 484 g/mol. The Morgan fingerprint density at radius 1 is 1.06 bits per heavy atom. The zero-order valence-corrected chi connectivity index (χ0v) is 20.4. The molecule has 0 saturated carbocycles. The average Bonchev–Trinajstić information content (AvgIpc) is 3.15. The summed E-state index contributed by atoms with van der Waals surface area (Å²) >= 11 is 7.39. The summed E-state index contributed by atoms with van der Waals surface area (Å²) < 4.78 is 10.2. The molecule has 1 saturated heterocycles. The fourth-order valence-corrected chi connectivity index (χ4v) is 4.61. The van der Waals surface area contributed by atoms with Crippen LogP contribution >= 0.6 is 23.1 Å². The number of anilines is 1. The standard InChI is InChI=1S/C25H29ClN4O2S/c1-2-3-17-32-22-11-7-20(8-12-22)24(31)29-13-4-14-30(16-15-29)25-27-23(28-33-25)18-19-5-9-21(26)10-6-19/h5-12H,2-4,13-18H2,1H3. The first-order chi connectivity index (χ1) is 16.1. The van der Waals surface area contributed by atoms with E-state index in [-0.39, 0.29) is 5.91 Å². The van der Waals surface area contributed by atoms with E-state index in [9.17, 15) is 4.79 Å². The maximum atomic E-state index is 13.0. The molecule has 6 nitrogen and oxygen atoms in total. The lowest BCUT2D eigenvalue weighted by atomic mass is 10.1. The Bertz CT molecular complexity index is 1040. The average molecular weight is 485 g/mol. The molecule has 0 N–H and O–H groups in total. The van der Waals surface area contributed by atoms with Gasteiger partial charge in [-0.25, -0.2) is 4.98 Å². The van der Waals surface area contributed by atoms with E-state index in [1.807, 2.05) is 53.4 Å². The first kappa shape index (κ1) is 23.5. The minimum Gasteiger partial charge on any atom is -0.494 e. The predicted octanol–water partition coefficient (Wildman–Crippen LogP) is 5.31. The van der Waals surface area contributed by atoms with Crippen molar-refractivity contribution in [3.05, 3.63) is 70.5 Å². The molecule has 8 heteroatoms. The number of hydrogen-bond acceptors (Lipinski definition) is 6. The van der Waals surface area contributed by atoms with Crippen LogP contribution in [0.25, 0.3) is 0 Å². The maximum absolute atomic E-state index is 13.0. The number of carbonyl (C=O) groups is 1. The van der Waals surface area contributed by atoms with Gasteiger partial charge < -0.3 is 14.5 Å². The molecule has 1 aliphatic heterocycles. The van der Waals surface area contributed by atoms with E-state index in [0.717, 1.165) is 66.2 Å². The van der Waals surface area contributed by atoms with Gasteiger partial charge in [-0.1, -0.05) is 37.1 Å². The number of hydrogen-bond donors (Lipinski definition) is 0. The van der Waals surface area contributed by atoms with Gasteiger partial charge in [0.15, 0.2) is 0 Å². The van der Waals surface area contributed by atoms with Crippen LogP contribution in [0.2, 0.25) is 5.02 Å². The van der Waals surface area contributed by atoms with Crippen LogP contribution in [0.5, 0.6) is 5.75 Å². The van der Waals surface area contributed by atoms with E-state index in [2.05, 4.69) is 16.2 Å². The van der Waals surface area contributed by atoms with Crippen LogP contribution in [0.1, 0.15) is 47.9 Å². The van der Waals surface area contributed by atoms with Gasteiger partial charge in [0.1, 0.15) is 11.6 Å². The number of unbranched alkanes of at least 4 members (excludes halogenated alkanes) is 1. The molecule has 0 radical (unpaired) electrons. The van der Waals surface area contributed by atoms with Gasteiger partial charge in [0.2, 0.25) is 5.13 Å². The highest BCUT2D eigenvalue weighted by molar-refractivity contribution is 7.09. The Balaban J connectivity index is 1.32. The van der Waals surface area contributed by atoms with Crippen molar-refractivity contribution < 1.29 is 9.53 Å². The van der Waals surface area contributed by atoms with Crippen LogP contribution in [-0.4, -0.2) is 53.0 Å².